The molecule has 1 rings (SSSR count). The average molecular weight is 176 g/mol. The first kappa shape index (κ1) is 10.8. The van der Waals surface area contributed by atoms with Crippen LogP contribution in [0.1, 0.15) is 27.2 Å². The number of cyclic esters (lactones) is 1. The van der Waals surface area contributed by atoms with Crippen LogP contribution in [0, 0.1) is 11.3 Å². The maximum Gasteiger partial charge on any atom is 0.309 e. The Morgan fingerprint density at radius 2 is 2.00 bits per heavy atom. The van der Waals surface area contributed by atoms with Gasteiger partial charge in [0.15, 0.2) is 0 Å². The summed E-state index contributed by atoms with van der Waals surface area (Å²) in [6, 6.07) is 0. The number of ether oxygens (including phenoxy) is 1. The molecule has 1 aliphatic heterocycles. The molecule has 1 unspecified atom stereocenters. The van der Waals surface area contributed by atoms with Gasteiger partial charge >= 0.3 is 5.97 Å². The lowest BCUT2D eigenvalue weighted by molar-refractivity contribution is -0.143. The summed E-state index contributed by atoms with van der Waals surface area (Å²) in [7, 11) is 0. The standard InChI is InChI=1S/C8H14O2.H2S/c1-8(2,3)6-4-5-10-7(6)9;/h6H,4-5H2,1-3H3;1H2. The van der Waals surface area contributed by atoms with E-state index in [1.165, 1.54) is 0 Å². The van der Waals surface area contributed by atoms with Gasteiger partial charge in [0.25, 0.3) is 0 Å². The third kappa shape index (κ3) is 2.40. The van der Waals surface area contributed by atoms with Crippen molar-refractivity contribution in [3.63, 3.8) is 0 Å². The molecule has 0 N–H and O–H groups in total. The van der Waals surface area contributed by atoms with E-state index in [-0.39, 0.29) is 30.8 Å². The highest BCUT2D eigenvalue weighted by Crippen LogP contribution is 2.32. The Bertz CT molecular complexity index is 149. The molecular weight excluding hydrogens is 160 g/mol. The summed E-state index contributed by atoms with van der Waals surface area (Å²) in [5.74, 6) is 0.0972. The maximum absolute atomic E-state index is 11.0. The Kier molecular flexibility index (Phi) is 3.42. The molecule has 0 spiro atoms. The molecule has 1 atom stereocenters. The minimum atomic E-state index is -0.0208. The second-order valence-electron chi connectivity index (χ2n) is 3.87. The van der Waals surface area contributed by atoms with Crippen LogP contribution in [0.4, 0.5) is 0 Å². The highest BCUT2D eigenvalue weighted by Gasteiger charge is 2.36. The molecule has 0 bridgehead atoms. The van der Waals surface area contributed by atoms with Crippen molar-refractivity contribution in [1.82, 2.24) is 0 Å². The van der Waals surface area contributed by atoms with Gasteiger partial charge in [-0.15, -0.1) is 0 Å². The van der Waals surface area contributed by atoms with E-state index in [1.807, 2.05) is 0 Å². The number of rotatable bonds is 0. The zero-order valence-corrected chi connectivity index (χ0v) is 8.31. The van der Waals surface area contributed by atoms with Gasteiger partial charge in [-0.3, -0.25) is 4.79 Å². The monoisotopic (exact) mass is 176 g/mol. The molecule has 1 fully saturated rings. The third-order valence-corrected chi connectivity index (χ3v) is 1.98. The molecular formula is C8H16O2S. The highest BCUT2D eigenvalue weighted by molar-refractivity contribution is 7.59. The van der Waals surface area contributed by atoms with Crippen LogP contribution in [0.2, 0.25) is 0 Å². The summed E-state index contributed by atoms with van der Waals surface area (Å²) in [5, 5.41) is 0. The van der Waals surface area contributed by atoms with E-state index in [1.54, 1.807) is 0 Å². The van der Waals surface area contributed by atoms with Gasteiger partial charge in [0.2, 0.25) is 0 Å². The summed E-state index contributed by atoms with van der Waals surface area (Å²) in [6.07, 6.45) is 0.891. The quantitative estimate of drug-likeness (QED) is 0.525. The molecule has 1 aliphatic rings. The van der Waals surface area contributed by atoms with Crippen LogP contribution in [0.15, 0.2) is 0 Å². The summed E-state index contributed by atoms with van der Waals surface area (Å²) in [5.41, 5.74) is 0.0770. The lowest BCUT2D eigenvalue weighted by Gasteiger charge is -2.22. The van der Waals surface area contributed by atoms with Gasteiger partial charge < -0.3 is 4.74 Å². The maximum atomic E-state index is 11.0. The molecule has 66 valence electrons. The molecule has 0 saturated carbocycles. The fourth-order valence-electron chi connectivity index (χ4n) is 1.28. The minimum absolute atomic E-state index is 0. The zero-order valence-electron chi connectivity index (χ0n) is 7.31. The van der Waals surface area contributed by atoms with Crippen LogP contribution in [-0.4, -0.2) is 12.6 Å². The van der Waals surface area contributed by atoms with Crippen molar-refractivity contribution >= 4 is 19.5 Å². The van der Waals surface area contributed by atoms with Crippen molar-refractivity contribution in [2.75, 3.05) is 6.61 Å². The van der Waals surface area contributed by atoms with Crippen molar-refractivity contribution in [2.45, 2.75) is 27.2 Å². The van der Waals surface area contributed by atoms with Crippen LogP contribution < -0.4 is 0 Å². The molecule has 3 heteroatoms. The van der Waals surface area contributed by atoms with Crippen LogP contribution in [0.3, 0.4) is 0 Å². The van der Waals surface area contributed by atoms with E-state index in [0.717, 1.165) is 6.42 Å². The topological polar surface area (TPSA) is 26.3 Å². The van der Waals surface area contributed by atoms with Gasteiger partial charge in [-0.2, -0.15) is 13.5 Å². The SMILES string of the molecule is CC(C)(C)C1CCOC1=O.S. The van der Waals surface area contributed by atoms with Gasteiger partial charge in [-0.1, -0.05) is 20.8 Å². The van der Waals surface area contributed by atoms with E-state index >= 15 is 0 Å². The number of hydrogen-bond donors (Lipinski definition) is 0. The van der Waals surface area contributed by atoms with Gasteiger partial charge in [-0.25, -0.2) is 0 Å². The van der Waals surface area contributed by atoms with E-state index in [0.29, 0.717) is 6.61 Å². The minimum Gasteiger partial charge on any atom is -0.465 e. The first-order valence-corrected chi connectivity index (χ1v) is 3.68. The van der Waals surface area contributed by atoms with E-state index < -0.39 is 0 Å². The molecule has 0 amide bonds. The van der Waals surface area contributed by atoms with Crippen molar-refractivity contribution in [2.24, 2.45) is 11.3 Å². The van der Waals surface area contributed by atoms with Crippen molar-refractivity contribution in [3.8, 4) is 0 Å². The molecule has 0 aliphatic carbocycles. The Labute approximate surface area is 74.8 Å². The highest BCUT2D eigenvalue weighted by atomic mass is 32.1. The first-order valence-electron chi connectivity index (χ1n) is 3.68. The van der Waals surface area contributed by atoms with E-state index in [9.17, 15) is 4.79 Å². The number of esters is 1. The van der Waals surface area contributed by atoms with Crippen molar-refractivity contribution in [1.29, 1.82) is 0 Å². The molecule has 0 aromatic heterocycles. The zero-order chi connectivity index (χ0) is 7.78. The van der Waals surface area contributed by atoms with Gasteiger partial charge in [-0.05, 0) is 11.8 Å². The smallest absolute Gasteiger partial charge is 0.309 e. The second kappa shape index (κ2) is 3.48. The molecule has 11 heavy (non-hydrogen) atoms. The second-order valence-corrected chi connectivity index (χ2v) is 3.87. The molecule has 1 heterocycles. The average Bonchev–Trinajstić information content (AvgIpc) is 2.11. The summed E-state index contributed by atoms with van der Waals surface area (Å²) >= 11 is 0. The Morgan fingerprint density at radius 1 is 1.45 bits per heavy atom. The van der Waals surface area contributed by atoms with Crippen LogP contribution >= 0.6 is 13.5 Å². The third-order valence-electron chi connectivity index (χ3n) is 1.98. The molecule has 0 aromatic carbocycles. The number of carbonyl (C=O) groups excluding carboxylic acids is 1. The van der Waals surface area contributed by atoms with Crippen LogP contribution in [-0.2, 0) is 9.53 Å². The Balaban J connectivity index is 0.000001000. The molecule has 0 radical (unpaired) electrons. The largest absolute Gasteiger partial charge is 0.465 e. The number of carbonyl (C=O) groups is 1. The molecule has 1 saturated heterocycles. The Hall–Kier alpha value is -0.180. The van der Waals surface area contributed by atoms with Crippen molar-refractivity contribution < 1.29 is 9.53 Å². The van der Waals surface area contributed by atoms with Crippen molar-refractivity contribution in [3.05, 3.63) is 0 Å². The van der Waals surface area contributed by atoms with Gasteiger partial charge in [0.1, 0.15) is 0 Å². The van der Waals surface area contributed by atoms with E-state index in [2.05, 4.69) is 20.8 Å². The predicted molar refractivity (Wildman–Crippen MR) is 48.9 cm³/mol. The molecule has 2 nitrogen and oxygen atoms in total. The van der Waals surface area contributed by atoms with Gasteiger partial charge in [0.05, 0.1) is 12.5 Å². The van der Waals surface area contributed by atoms with Crippen LogP contribution in [0.5, 0.6) is 0 Å². The predicted octanol–water partition coefficient (Wildman–Crippen LogP) is 1.71. The number of hydrogen-bond acceptors (Lipinski definition) is 2. The lowest BCUT2D eigenvalue weighted by Crippen LogP contribution is -2.24. The van der Waals surface area contributed by atoms with Crippen LogP contribution in [0.25, 0.3) is 0 Å². The summed E-state index contributed by atoms with van der Waals surface area (Å²) in [6.45, 7) is 6.83. The summed E-state index contributed by atoms with van der Waals surface area (Å²) in [4.78, 5) is 11.0. The Morgan fingerprint density at radius 3 is 2.18 bits per heavy atom. The summed E-state index contributed by atoms with van der Waals surface area (Å²) < 4.78 is 4.85. The van der Waals surface area contributed by atoms with Gasteiger partial charge in [0, 0.05) is 0 Å². The lowest BCUT2D eigenvalue weighted by atomic mass is 9.80. The fraction of sp³-hybridized carbons (Fsp3) is 0.875. The first-order chi connectivity index (χ1) is 4.52. The van der Waals surface area contributed by atoms with E-state index in [4.69, 9.17) is 4.74 Å². The normalized spacial score (nSPS) is 24.3. The molecule has 0 aromatic rings. The fourth-order valence-corrected chi connectivity index (χ4v) is 1.28.